The van der Waals surface area contributed by atoms with E-state index >= 15 is 0 Å². The van der Waals surface area contributed by atoms with E-state index < -0.39 is 0 Å². The molecule has 1 heteroatoms. The maximum Gasteiger partial charge on any atom is 0.0568 e. The second-order valence-electron chi connectivity index (χ2n) is 4.73. The van der Waals surface area contributed by atoms with Crippen molar-refractivity contribution in [3.05, 3.63) is 0 Å². The number of rotatable bonds is 4. The molecule has 0 aromatic carbocycles. The Morgan fingerprint density at radius 3 is 2.38 bits per heavy atom. The van der Waals surface area contributed by atoms with Crippen molar-refractivity contribution in [3.8, 4) is 0 Å². The summed E-state index contributed by atoms with van der Waals surface area (Å²) in [6, 6.07) is 0. The van der Waals surface area contributed by atoms with Gasteiger partial charge in [0.1, 0.15) is 0 Å². The third-order valence-electron chi connectivity index (χ3n) is 3.46. The van der Waals surface area contributed by atoms with Gasteiger partial charge in [0.25, 0.3) is 0 Å². The molecule has 1 nitrogen and oxygen atoms in total. The summed E-state index contributed by atoms with van der Waals surface area (Å²) in [6.07, 6.45) is 8.58. The molecule has 1 fully saturated rings. The van der Waals surface area contributed by atoms with Gasteiger partial charge in [-0.2, -0.15) is 0 Å². The van der Waals surface area contributed by atoms with E-state index in [0.717, 1.165) is 12.3 Å². The fraction of sp³-hybridized carbons (Fsp3) is 1.00. The molecule has 1 aliphatic rings. The fourth-order valence-electron chi connectivity index (χ4n) is 2.32. The Kier molecular flexibility index (Phi) is 4.79. The maximum atomic E-state index is 9.89. The van der Waals surface area contributed by atoms with E-state index in [1.807, 2.05) is 0 Å². The average molecular weight is 184 g/mol. The van der Waals surface area contributed by atoms with Crippen molar-refractivity contribution in [1.29, 1.82) is 0 Å². The third-order valence-corrected chi connectivity index (χ3v) is 3.46. The zero-order chi connectivity index (χ0) is 9.68. The van der Waals surface area contributed by atoms with E-state index in [1.54, 1.807) is 0 Å². The van der Waals surface area contributed by atoms with Crippen LogP contribution in [0.5, 0.6) is 0 Å². The molecule has 0 saturated heterocycles. The van der Waals surface area contributed by atoms with Crippen molar-refractivity contribution in [3.63, 3.8) is 0 Å². The van der Waals surface area contributed by atoms with E-state index in [4.69, 9.17) is 0 Å². The lowest BCUT2D eigenvalue weighted by atomic mass is 9.79. The minimum Gasteiger partial charge on any atom is -0.393 e. The molecule has 0 spiro atoms. The van der Waals surface area contributed by atoms with Crippen LogP contribution in [0, 0.1) is 11.8 Å². The Bertz CT molecular complexity index is 125. The minimum atomic E-state index is -0.00699. The molecule has 1 aliphatic carbocycles. The molecular formula is C12H24O. The van der Waals surface area contributed by atoms with Crippen LogP contribution in [-0.4, -0.2) is 11.2 Å². The lowest BCUT2D eigenvalue weighted by Gasteiger charge is -2.29. The third kappa shape index (κ3) is 3.68. The van der Waals surface area contributed by atoms with Gasteiger partial charge in [-0.15, -0.1) is 0 Å². The van der Waals surface area contributed by atoms with Crippen LogP contribution in [0.15, 0.2) is 0 Å². The quantitative estimate of drug-likeness (QED) is 0.710. The van der Waals surface area contributed by atoms with Crippen molar-refractivity contribution >= 4 is 0 Å². The molecule has 0 aromatic rings. The summed E-state index contributed by atoms with van der Waals surface area (Å²) in [7, 11) is 0. The molecule has 1 rings (SSSR count). The summed E-state index contributed by atoms with van der Waals surface area (Å²) in [5.41, 5.74) is 0. The summed E-state index contributed by atoms with van der Waals surface area (Å²) in [5.74, 6) is 1.51. The lowest BCUT2D eigenvalue weighted by molar-refractivity contribution is 0.0669. The highest BCUT2D eigenvalue weighted by atomic mass is 16.3. The molecule has 78 valence electrons. The van der Waals surface area contributed by atoms with E-state index in [-0.39, 0.29) is 6.10 Å². The van der Waals surface area contributed by atoms with Crippen LogP contribution in [0.3, 0.4) is 0 Å². The molecule has 1 saturated carbocycles. The second kappa shape index (κ2) is 5.64. The molecule has 1 atom stereocenters. The van der Waals surface area contributed by atoms with Gasteiger partial charge in [-0.25, -0.2) is 0 Å². The molecule has 1 N–H and O–H groups in total. The molecule has 0 radical (unpaired) electrons. The first-order valence-electron chi connectivity index (χ1n) is 5.92. The smallest absolute Gasteiger partial charge is 0.0568 e. The van der Waals surface area contributed by atoms with Crippen molar-refractivity contribution in [2.75, 3.05) is 0 Å². The maximum absolute atomic E-state index is 9.89. The van der Waals surface area contributed by atoms with Crippen LogP contribution in [0.1, 0.15) is 58.8 Å². The summed E-state index contributed by atoms with van der Waals surface area (Å²) >= 11 is 0. The molecular weight excluding hydrogens is 160 g/mol. The first-order chi connectivity index (χ1) is 6.24. The Morgan fingerprint density at radius 2 is 1.85 bits per heavy atom. The number of hydrogen-bond donors (Lipinski definition) is 1. The normalized spacial score (nSPS) is 31.6. The van der Waals surface area contributed by atoms with Gasteiger partial charge in [0.05, 0.1) is 6.10 Å². The highest BCUT2D eigenvalue weighted by Crippen LogP contribution is 2.31. The highest BCUT2D eigenvalue weighted by molar-refractivity contribution is 4.75. The van der Waals surface area contributed by atoms with Gasteiger partial charge >= 0.3 is 0 Å². The standard InChI is InChI=1S/C12H24O/c1-3-4-5-12(13)11-8-6-10(2)7-9-11/h10-13H,3-9H2,1-2H3. The van der Waals surface area contributed by atoms with E-state index in [2.05, 4.69) is 13.8 Å². The Labute approximate surface area is 82.5 Å². The van der Waals surface area contributed by atoms with Crippen LogP contribution in [-0.2, 0) is 0 Å². The molecule has 0 bridgehead atoms. The first kappa shape index (κ1) is 11.0. The molecule has 0 amide bonds. The monoisotopic (exact) mass is 184 g/mol. The van der Waals surface area contributed by atoms with Gasteiger partial charge in [-0.3, -0.25) is 0 Å². The van der Waals surface area contributed by atoms with Crippen molar-refractivity contribution in [1.82, 2.24) is 0 Å². The molecule has 0 aliphatic heterocycles. The number of hydrogen-bond acceptors (Lipinski definition) is 1. The van der Waals surface area contributed by atoms with E-state index in [0.29, 0.717) is 5.92 Å². The summed E-state index contributed by atoms with van der Waals surface area (Å²) in [5, 5.41) is 9.89. The highest BCUT2D eigenvalue weighted by Gasteiger charge is 2.23. The van der Waals surface area contributed by atoms with Crippen molar-refractivity contribution < 1.29 is 5.11 Å². The van der Waals surface area contributed by atoms with Crippen LogP contribution in [0.25, 0.3) is 0 Å². The molecule has 1 unspecified atom stereocenters. The van der Waals surface area contributed by atoms with Gasteiger partial charge in [0.2, 0.25) is 0 Å². The first-order valence-corrected chi connectivity index (χ1v) is 5.92. The van der Waals surface area contributed by atoms with Crippen LogP contribution in [0.4, 0.5) is 0 Å². The number of aliphatic hydroxyl groups excluding tert-OH is 1. The zero-order valence-corrected chi connectivity index (χ0v) is 9.13. The summed E-state index contributed by atoms with van der Waals surface area (Å²) in [6.45, 7) is 4.52. The van der Waals surface area contributed by atoms with Gasteiger partial charge in [0, 0.05) is 0 Å². The number of aliphatic hydroxyl groups is 1. The van der Waals surface area contributed by atoms with E-state index in [1.165, 1.54) is 38.5 Å². The van der Waals surface area contributed by atoms with E-state index in [9.17, 15) is 5.11 Å². The topological polar surface area (TPSA) is 20.2 Å². The zero-order valence-electron chi connectivity index (χ0n) is 9.13. The van der Waals surface area contributed by atoms with Crippen molar-refractivity contribution in [2.24, 2.45) is 11.8 Å². The van der Waals surface area contributed by atoms with Gasteiger partial charge < -0.3 is 5.11 Å². The average Bonchev–Trinajstić information content (AvgIpc) is 2.15. The number of unbranched alkanes of at least 4 members (excludes halogenated alkanes) is 1. The molecule has 0 aromatic heterocycles. The Hall–Kier alpha value is -0.0400. The fourth-order valence-corrected chi connectivity index (χ4v) is 2.32. The lowest BCUT2D eigenvalue weighted by Crippen LogP contribution is -2.24. The predicted molar refractivity (Wildman–Crippen MR) is 56.7 cm³/mol. The minimum absolute atomic E-state index is 0.00699. The van der Waals surface area contributed by atoms with Crippen molar-refractivity contribution in [2.45, 2.75) is 64.9 Å². The summed E-state index contributed by atoms with van der Waals surface area (Å²) < 4.78 is 0. The van der Waals surface area contributed by atoms with Crippen LogP contribution < -0.4 is 0 Å². The Balaban J connectivity index is 2.19. The molecule has 13 heavy (non-hydrogen) atoms. The van der Waals surface area contributed by atoms with Gasteiger partial charge in [0.15, 0.2) is 0 Å². The molecule has 0 heterocycles. The van der Waals surface area contributed by atoms with Crippen LogP contribution in [0.2, 0.25) is 0 Å². The van der Waals surface area contributed by atoms with Crippen LogP contribution >= 0.6 is 0 Å². The summed E-state index contributed by atoms with van der Waals surface area (Å²) in [4.78, 5) is 0. The predicted octanol–water partition coefficient (Wildman–Crippen LogP) is 3.36. The second-order valence-corrected chi connectivity index (χ2v) is 4.73. The van der Waals surface area contributed by atoms with Gasteiger partial charge in [-0.05, 0) is 31.1 Å². The van der Waals surface area contributed by atoms with Gasteiger partial charge in [-0.1, -0.05) is 39.5 Å². The largest absolute Gasteiger partial charge is 0.393 e. The SMILES string of the molecule is CCCCC(O)C1CCC(C)CC1. The Morgan fingerprint density at radius 1 is 1.23 bits per heavy atom.